The van der Waals surface area contributed by atoms with Gasteiger partial charge in [-0.15, -0.1) is 6.58 Å². The van der Waals surface area contributed by atoms with Crippen molar-refractivity contribution in [1.82, 2.24) is 0 Å². The lowest BCUT2D eigenvalue weighted by molar-refractivity contribution is -0.175. The predicted molar refractivity (Wildman–Crippen MR) is 104 cm³/mol. The molecule has 3 rings (SSSR count). The van der Waals surface area contributed by atoms with Crippen molar-refractivity contribution in [2.45, 2.75) is 56.7 Å². The average molecular weight is 352 g/mol. The van der Waals surface area contributed by atoms with Gasteiger partial charge in [0.1, 0.15) is 17.8 Å². The molecule has 0 aliphatic carbocycles. The van der Waals surface area contributed by atoms with Crippen LogP contribution in [0.3, 0.4) is 0 Å². The van der Waals surface area contributed by atoms with Gasteiger partial charge in [0, 0.05) is 0 Å². The van der Waals surface area contributed by atoms with Gasteiger partial charge >= 0.3 is 0 Å². The number of unbranched alkanes of at least 4 members (excludes halogenated alkanes) is 2. The highest BCUT2D eigenvalue weighted by Crippen LogP contribution is 2.46. The van der Waals surface area contributed by atoms with E-state index in [1.54, 1.807) is 6.08 Å². The fourth-order valence-electron chi connectivity index (χ4n) is 3.44. The summed E-state index contributed by atoms with van der Waals surface area (Å²) < 4.78 is 12.5. The van der Waals surface area contributed by atoms with E-state index in [1.165, 1.54) is 0 Å². The van der Waals surface area contributed by atoms with Crippen LogP contribution in [0.25, 0.3) is 0 Å². The molecule has 1 saturated heterocycles. The van der Waals surface area contributed by atoms with Crippen molar-refractivity contribution in [3.8, 4) is 0 Å². The molecule has 0 spiro atoms. The lowest BCUT2D eigenvalue weighted by atomic mass is 9.95. The Balaban J connectivity index is 1.87. The molecule has 1 aliphatic heterocycles. The van der Waals surface area contributed by atoms with Crippen molar-refractivity contribution in [1.29, 1.82) is 0 Å². The summed E-state index contributed by atoms with van der Waals surface area (Å²) in [6.45, 7) is 5.99. The van der Waals surface area contributed by atoms with Crippen LogP contribution in [0.15, 0.2) is 73.3 Å². The van der Waals surface area contributed by atoms with E-state index in [4.69, 9.17) is 9.47 Å². The lowest BCUT2D eigenvalue weighted by Gasteiger charge is -2.29. The predicted octanol–water partition coefficient (Wildman–Crippen LogP) is 5.34. The Labute approximate surface area is 156 Å². The monoisotopic (exact) mass is 352 g/mol. The first-order chi connectivity index (χ1) is 12.7. The zero-order valence-electron chi connectivity index (χ0n) is 15.4. The largest absolute Gasteiger partial charge is 0.380 e. The van der Waals surface area contributed by atoms with Gasteiger partial charge in [-0.2, -0.15) is 0 Å². The molecule has 26 heavy (non-hydrogen) atoms. The first-order valence-corrected chi connectivity index (χ1v) is 9.44. The van der Waals surface area contributed by atoms with Gasteiger partial charge in [-0.1, -0.05) is 92.9 Å². The third-order valence-electron chi connectivity index (χ3n) is 5.01. The van der Waals surface area contributed by atoms with E-state index >= 15 is 0 Å². The maximum Gasteiger partial charge on any atom is 0.191 e. The number of hydrogen-bond acceptors (Lipinski definition) is 3. The second kappa shape index (κ2) is 8.63. The molecule has 1 fully saturated rings. The van der Waals surface area contributed by atoms with Gasteiger partial charge in [-0.05, 0) is 17.5 Å². The topological polar surface area (TPSA) is 38.7 Å². The summed E-state index contributed by atoms with van der Waals surface area (Å²) in [4.78, 5) is 0. The minimum Gasteiger partial charge on any atom is -0.380 e. The number of hydrogen-bond donors (Lipinski definition) is 1. The van der Waals surface area contributed by atoms with Crippen LogP contribution in [-0.2, 0) is 9.47 Å². The number of rotatable bonds is 8. The van der Waals surface area contributed by atoms with E-state index in [0.717, 1.165) is 30.4 Å². The Morgan fingerprint density at radius 1 is 0.923 bits per heavy atom. The summed E-state index contributed by atoms with van der Waals surface area (Å²) in [5.74, 6) is 0. The van der Waals surface area contributed by atoms with E-state index in [2.05, 4.69) is 13.5 Å². The maximum atomic E-state index is 11.1. The second-order valence-corrected chi connectivity index (χ2v) is 6.92. The first-order valence-electron chi connectivity index (χ1n) is 9.44. The molecule has 138 valence electrons. The Kier molecular flexibility index (Phi) is 6.25. The number of aliphatic hydroxyl groups is 1. The zero-order valence-corrected chi connectivity index (χ0v) is 15.4. The lowest BCUT2D eigenvalue weighted by Crippen LogP contribution is -2.41. The van der Waals surface area contributed by atoms with Crippen LogP contribution in [0.2, 0.25) is 0 Å². The fraction of sp³-hybridized carbons (Fsp3) is 0.391. The summed E-state index contributed by atoms with van der Waals surface area (Å²) in [6, 6.07) is 20.1. The maximum absolute atomic E-state index is 11.1. The van der Waals surface area contributed by atoms with Gasteiger partial charge in [0.2, 0.25) is 0 Å². The quantitative estimate of drug-likeness (QED) is 0.515. The fourth-order valence-corrected chi connectivity index (χ4v) is 3.44. The van der Waals surface area contributed by atoms with Gasteiger partial charge < -0.3 is 14.6 Å². The molecule has 0 unspecified atom stereocenters. The van der Waals surface area contributed by atoms with Crippen LogP contribution in [-0.4, -0.2) is 17.0 Å². The van der Waals surface area contributed by atoms with Crippen molar-refractivity contribution in [2.75, 3.05) is 0 Å². The Hall–Kier alpha value is -1.94. The van der Waals surface area contributed by atoms with Crippen LogP contribution in [0.1, 0.15) is 55.9 Å². The molecule has 3 atom stereocenters. The second-order valence-electron chi connectivity index (χ2n) is 6.92. The van der Waals surface area contributed by atoms with Crippen molar-refractivity contribution in [2.24, 2.45) is 0 Å². The minimum absolute atomic E-state index is 0.263. The first kappa shape index (κ1) is 18.8. The Morgan fingerprint density at radius 2 is 1.42 bits per heavy atom. The molecular formula is C23H28O3. The smallest absolute Gasteiger partial charge is 0.191 e. The number of benzene rings is 2. The normalized spacial score (nSPS) is 22.8. The summed E-state index contributed by atoms with van der Waals surface area (Å²) in [5, 5.41) is 11.1. The van der Waals surface area contributed by atoms with Crippen LogP contribution < -0.4 is 0 Å². The molecule has 1 aliphatic rings. The van der Waals surface area contributed by atoms with Crippen molar-refractivity contribution in [3.05, 3.63) is 84.4 Å². The molecule has 1 heterocycles. The van der Waals surface area contributed by atoms with Gasteiger partial charge in [0.15, 0.2) is 6.29 Å². The molecule has 3 heteroatoms. The summed E-state index contributed by atoms with van der Waals surface area (Å²) in [5.41, 5.74) is 0.902. The van der Waals surface area contributed by atoms with E-state index in [9.17, 15) is 5.11 Å². The van der Waals surface area contributed by atoms with E-state index in [0.29, 0.717) is 6.42 Å². The van der Waals surface area contributed by atoms with Crippen LogP contribution in [0.5, 0.6) is 0 Å². The van der Waals surface area contributed by atoms with Crippen LogP contribution >= 0.6 is 0 Å². The molecule has 2 aromatic carbocycles. The third-order valence-corrected chi connectivity index (χ3v) is 5.01. The van der Waals surface area contributed by atoms with Gasteiger partial charge in [-0.3, -0.25) is 0 Å². The third kappa shape index (κ3) is 4.07. The van der Waals surface area contributed by atoms with Gasteiger partial charge in [0.05, 0.1) is 0 Å². The van der Waals surface area contributed by atoms with E-state index < -0.39 is 11.9 Å². The highest BCUT2D eigenvalue weighted by molar-refractivity contribution is 5.26. The summed E-state index contributed by atoms with van der Waals surface area (Å²) in [6.07, 6.45) is 3.97. The molecule has 1 N–H and O–H groups in total. The molecule has 0 saturated carbocycles. The van der Waals surface area contributed by atoms with Crippen LogP contribution in [0, 0.1) is 0 Å². The van der Waals surface area contributed by atoms with E-state index in [-0.39, 0.29) is 12.2 Å². The molecule has 2 aromatic rings. The van der Waals surface area contributed by atoms with Crippen molar-refractivity contribution in [3.63, 3.8) is 0 Å². The Bertz CT molecular complexity index is 638. The average Bonchev–Trinajstić information content (AvgIpc) is 3.15. The summed E-state index contributed by atoms with van der Waals surface area (Å²) >= 11 is 0. The molecule has 0 radical (unpaired) electrons. The number of ether oxygens (including phenoxy) is 2. The summed E-state index contributed by atoms with van der Waals surface area (Å²) in [7, 11) is 0. The zero-order chi connectivity index (χ0) is 18.4. The molecular weight excluding hydrogens is 324 g/mol. The highest BCUT2D eigenvalue weighted by Gasteiger charge is 2.47. The standard InChI is InChI=1S/C23H28O3/c1-3-5-12-17-23(24,4-2)22-25-20(18-13-8-6-9-14-18)21(26-22)19-15-10-7-11-16-19/h4,6-11,13-16,20-22,24H,2-3,5,12,17H2,1H3/t20-,21-,23-/m0/s1. The molecule has 0 aromatic heterocycles. The van der Waals surface area contributed by atoms with E-state index in [1.807, 2.05) is 60.7 Å². The van der Waals surface area contributed by atoms with Crippen molar-refractivity contribution >= 4 is 0 Å². The molecule has 0 bridgehead atoms. The van der Waals surface area contributed by atoms with Crippen molar-refractivity contribution < 1.29 is 14.6 Å². The SMILES string of the molecule is C=C[C@](O)(CCCCC)C1O[C@@H](c2ccccc2)[C@H](c2ccccc2)O1. The van der Waals surface area contributed by atoms with Gasteiger partial charge in [0.25, 0.3) is 0 Å². The minimum atomic E-state index is -1.19. The highest BCUT2D eigenvalue weighted by atomic mass is 16.7. The molecule has 0 amide bonds. The van der Waals surface area contributed by atoms with Crippen LogP contribution in [0.4, 0.5) is 0 Å². The Morgan fingerprint density at radius 3 is 1.85 bits per heavy atom. The molecule has 3 nitrogen and oxygen atoms in total. The van der Waals surface area contributed by atoms with Gasteiger partial charge in [-0.25, -0.2) is 0 Å².